The standard InChI is InChI=1S/C13H18N2OS/c1-4-10(3)15-13(16)12-8-9(2)11(17-12)6-5-7-14/h8,10H,4,7,14H2,1-3H3,(H,15,16). The molecule has 1 unspecified atom stereocenters. The largest absolute Gasteiger partial charge is 0.349 e. The van der Waals surface area contributed by atoms with E-state index in [2.05, 4.69) is 17.2 Å². The lowest BCUT2D eigenvalue weighted by atomic mass is 10.2. The lowest BCUT2D eigenvalue weighted by molar-refractivity contribution is 0.0943. The van der Waals surface area contributed by atoms with Gasteiger partial charge in [0.15, 0.2) is 0 Å². The van der Waals surface area contributed by atoms with Gasteiger partial charge in [-0.05, 0) is 31.9 Å². The Bertz CT molecular complexity index is 454. The highest BCUT2D eigenvalue weighted by Crippen LogP contribution is 2.20. The third-order valence-corrected chi connectivity index (χ3v) is 3.59. The number of carbonyl (C=O) groups excluding carboxylic acids is 1. The Morgan fingerprint density at radius 3 is 2.94 bits per heavy atom. The van der Waals surface area contributed by atoms with E-state index in [1.807, 2.05) is 26.8 Å². The van der Waals surface area contributed by atoms with Crippen LogP contribution in [0.1, 0.15) is 40.4 Å². The average Bonchev–Trinajstić information content (AvgIpc) is 2.68. The molecule has 0 aromatic carbocycles. The fourth-order valence-corrected chi connectivity index (χ4v) is 2.20. The highest BCUT2D eigenvalue weighted by atomic mass is 32.1. The molecular weight excluding hydrogens is 232 g/mol. The van der Waals surface area contributed by atoms with Crippen LogP contribution in [0.25, 0.3) is 0 Å². The van der Waals surface area contributed by atoms with Crippen LogP contribution < -0.4 is 11.1 Å². The molecule has 92 valence electrons. The Morgan fingerprint density at radius 1 is 1.65 bits per heavy atom. The summed E-state index contributed by atoms with van der Waals surface area (Å²) in [4.78, 5) is 13.5. The van der Waals surface area contributed by atoms with Crippen molar-refractivity contribution in [2.45, 2.75) is 33.2 Å². The molecular formula is C13H18N2OS. The van der Waals surface area contributed by atoms with Crippen LogP contribution >= 0.6 is 11.3 Å². The molecule has 1 atom stereocenters. The first-order valence-electron chi connectivity index (χ1n) is 5.68. The van der Waals surface area contributed by atoms with Gasteiger partial charge < -0.3 is 11.1 Å². The molecule has 0 spiro atoms. The molecule has 1 aromatic rings. The zero-order valence-electron chi connectivity index (χ0n) is 10.5. The zero-order chi connectivity index (χ0) is 12.8. The zero-order valence-corrected chi connectivity index (χ0v) is 11.3. The van der Waals surface area contributed by atoms with Gasteiger partial charge in [-0.25, -0.2) is 0 Å². The second kappa shape index (κ2) is 6.43. The Morgan fingerprint density at radius 2 is 2.35 bits per heavy atom. The molecule has 4 heteroatoms. The second-order valence-corrected chi connectivity index (χ2v) is 4.96. The van der Waals surface area contributed by atoms with E-state index < -0.39 is 0 Å². The highest BCUT2D eigenvalue weighted by Gasteiger charge is 2.12. The molecule has 0 radical (unpaired) electrons. The van der Waals surface area contributed by atoms with Crippen LogP contribution in [0.2, 0.25) is 0 Å². The minimum atomic E-state index is -0.0201. The smallest absolute Gasteiger partial charge is 0.261 e. The number of thiophene rings is 1. The van der Waals surface area contributed by atoms with E-state index in [9.17, 15) is 4.79 Å². The predicted octanol–water partition coefficient (Wildman–Crippen LogP) is 1.90. The maximum absolute atomic E-state index is 11.9. The minimum Gasteiger partial charge on any atom is -0.349 e. The molecule has 1 heterocycles. The second-order valence-electron chi connectivity index (χ2n) is 3.91. The summed E-state index contributed by atoms with van der Waals surface area (Å²) in [6, 6.07) is 2.08. The van der Waals surface area contributed by atoms with E-state index in [4.69, 9.17) is 5.73 Å². The summed E-state index contributed by atoms with van der Waals surface area (Å²) in [5.74, 6) is 5.76. The van der Waals surface area contributed by atoms with Crippen molar-refractivity contribution >= 4 is 17.2 Å². The number of hydrogen-bond donors (Lipinski definition) is 2. The number of nitrogens with two attached hydrogens (primary N) is 1. The number of carbonyl (C=O) groups is 1. The Hall–Kier alpha value is -1.31. The summed E-state index contributed by atoms with van der Waals surface area (Å²) in [7, 11) is 0. The van der Waals surface area contributed by atoms with Crippen LogP contribution in [0.15, 0.2) is 6.07 Å². The van der Waals surface area contributed by atoms with Gasteiger partial charge >= 0.3 is 0 Å². The quantitative estimate of drug-likeness (QED) is 0.805. The van der Waals surface area contributed by atoms with Crippen LogP contribution in [0.4, 0.5) is 0 Å². The molecule has 3 N–H and O–H groups in total. The van der Waals surface area contributed by atoms with Gasteiger partial charge in [-0.2, -0.15) is 0 Å². The van der Waals surface area contributed by atoms with E-state index in [-0.39, 0.29) is 11.9 Å². The Labute approximate surface area is 106 Å². The van der Waals surface area contributed by atoms with Crippen molar-refractivity contribution in [2.75, 3.05) is 6.54 Å². The summed E-state index contributed by atoms with van der Waals surface area (Å²) >= 11 is 1.42. The van der Waals surface area contributed by atoms with Gasteiger partial charge in [0.1, 0.15) is 0 Å². The highest BCUT2D eigenvalue weighted by molar-refractivity contribution is 7.14. The van der Waals surface area contributed by atoms with Gasteiger partial charge in [0, 0.05) is 6.04 Å². The third-order valence-electron chi connectivity index (χ3n) is 2.44. The molecule has 0 aliphatic rings. The van der Waals surface area contributed by atoms with Crippen molar-refractivity contribution in [3.8, 4) is 11.8 Å². The molecule has 1 amide bonds. The van der Waals surface area contributed by atoms with Gasteiger partial charge in [-0.1, -0.05) is 18.8 Å². The molecule has 1 aromatic heterocycles. The first kappa shape index (κ1) is 13.8. The first-order chi connectivity index (χ1) is 8.08. The summed E-state index contributed by atoms with van der Waals surface area (Å²) in [6.07, 6.45) is 0.927. The Kier molecular flexibility index (Phi) is 5.20. The molecule has 0 fully saturated rings. The maximum atomic E-state index is 11.9. The predicted molar refractivity (Wildman–Crippen MR) is 72.2 cm³/mol. The van der Waals surface area contributed by atoms with E-state index >= 15 is 0 Å². The summed E-state index contributed by atoms with van der Waals surface area (Å²) in [6.45, 7) is 6.33. The van der Waals surface area contributed by atoms with Gasteiger partial charge in [0.2, 0.25) is 0 Å². The molecule has 0 aliphatic carbocycles. The van der Waals surface area contributed by atoms with Crippen molar-refractivity contribution in [3.05, 3.63) is 21.4 Å². The molecule has 17 heavy (non-hydrogen) atoms. The normalized spacial score (nSPS) is 11.5. The lowest BCUT2D eigenvalue weighted by Gasteiger charge is -2.09. The van der Waals surface area contributed by atoms with E-state index in [1.165, 1.54) is 11.3 Å². The van der Waals surface area contributed by atoms with Crippen LogP contribution in [-0.2, 0) is 0 Å². The van der Waals surface area contributed by atoms with E-state index in [0.717, 1.165) is 16.9 Å². The number of hydrogen-bond acceptors (Lipinski definition) is 3. The fourth-order valence-electron chi connectivity index (χ4n) is 1.25. The van der Waals surface area contributed by atoms with Gasteiger partial charge in [-0.3, -0.25) is 4.79 Å². The lowest BCUT2D eigenvalue weighted by Crippen LogP contribution is -2.31. The number of nitrogens with one attached hydrogen (secondary N) is 1. The van der Waals surface area contributed by atoms with Crippen molar-refractivity contribution < 1.29 is 4.79 Å². The number of aryl methyl sites for hydroxylation is 1. The van der Waals surface area contributed by atoms with E-state index in [1.54, 1.807) is 0 Å². The maximum Gasteiger partial charge on any atom is 0.261 e. The van der Waals surface area contributed by atoms with Crippen molar-refractivity contribution in [1.29, 1.82) is 0 Å². The van der Waals surface area contributed by atoms with Crippen LogP contribution in [0, 0.1) is 18.8 Å². The summed E-state index contributed by atoms with van der Waals surface area (Å²) in [5, 5.41) is 2.94. The van der Waals surface area contributed by atoms with Crippen molar-refractivity contribution in [2.24, 2.45) is 5.73 Å². The molecule has 3 nitrogen and oxygen atoms in total. The van der Waals surface area contributed by atoms with E-state index in [0.29, 0.717) is 11.4 Å². The van der Waals surface area contributed by atoms with Gasteiger partial charge in [-0.15, -0.1) is 11.3 Å². The summed E-state index contributed by atoms with van der Waals surface area (Å²) in [5.41, 5.74) is 6.36. The number of rotatable bonds is 3. The minimum absolute atomic E-state index is 0.0201. The fraction of sp³-hybridized carbons (Fsp3) is 0.462. The van der Waals surface area contributed by atoms with Crippen molar-refractivity contribution in [1.82, 2.24) is 5.32 Å². The van der Waals surface area contributed by atoms with Crippen LogP contribution in [0.5, 0.6) is 0 Å². The average molecular weight is 250 g/mol. The molecule has 0 saturated heterocycles. The molecule has 0 aliphatic heterocycles. The van der Waals surface area contributed by atoms with Gasteiger partial charge in [0.05, 0.1) is 16.3 Å². The molecule has 1 rings (SSSR count). The topological polar surface area (TPSA) is 55.1 Å². The summed E-state index contributed by atoms with van der Waals surface area (Å²) < 4.78 is 0. The van der Waals surface area contributed by atoms with Crippen LogP contribution in [-0.4, -0.2) is 18.5 Å². The Balaban J connectivity index is 2.82. The number of amides is 1. The van der Waals surface area contributed by atoms with Crippen molar-refractivity contribution in [3.63, 3.8) is 0 Å². The third kappa shape index (κ3) is 3.88. The monoisotopic (exact) mass is 250 g/mol. The molecule has 0 saturated carbocycles. The van der Waals surface area contributed by atoms with Crippen LogP contribution in [0.3, 0.4) is 0 Å². The van der Waals surface area contributed by atoms with Gasteiger partial charge in [0.25, 0.3) is 5.91 Å². The molecule has 0 bridgehead atoms. The SMILES string of the molecule is CCC(C)NC(=O)c1cc(C)c(C#CCN)s1. The first-order valence-corrected chi connectivity index (χ1v) is 6.50.